The Kier molecular flexibility index (Phi) is 4.11. The summed E-state index contributed by atoms with van der Waals surface area (Å²) in [4.78, 5) is 20.3. The summed E-state index contributed by atoms with van der Waals surface area (Å²) >= 11 is 11.4. The average Bonchev–Trinajstić information content (AvgIpc) is 2.16. The van der Waals surface area contributed by atoms with Crippen LogP contribution in [-0.2, 0) is 9.53 Å². The molecule has 0 saturated carbocycles. The lowest BCUT2D eigenvalue weighted by atomic mass is 10.5. The fraction of sp³-hybridized carbons (Fsp3) is 0.375. The number of hydrogen-bond donors (Lipinski definition) is 0. The number of carbonyl (C=O) groups excluding carboxylic acids is 1. The molecule has 0 N–H and O–H groups in total. The summed E-state index contributed by atoms with van der Waals surface area (Å²) in [5, 5.41) is 0.448. The number of esters is 1. The molecule has 1 heterocycles. The largest absolute Gasteiger partial charge is 0.468 e. The molecule has 1 aromatic heterocycles. The van der Waals surface area contributed by atoms with Crippen LogP contribution < -0.4 is 4.90 Å². The standard InChI is InChI=1S/C8H9Cl2N3O2/c1-13(4-7(14)15-2)8-11-5(9)3-6(10)12-8/h3H,4H2,1-2H3. The van der Waals surface area contributed by atoms with Crippen LogP contribution >= 0.6 is 23.2 Å². The van der Waals surface area contributed by atoms with Gasteiger partial charge >= 0.3 is 5.97 Å². The second kappa shape index (κ2) is 5.14. The summed E-state index contributed by atoms with van der Waals surface area (Å²) in [5.74, 6) is -0.116. The van der Waals surface area contributed by atoms with E-state index in [1.807, 2.05) is 0 Å². The first-order chi connectivity index (χ1) is 7.02. The number of rotatable bonds is 3. The van der Waals surface area contributed by atoms with Crippen molar-refractivity contribution in [1.29, 1.82) is 0 Å². The Morgan fingerprint density at radius 1 is 1.47 bits per heavy atom. The van der Waals surface area contributed by atoms with Crippen LogP contribution in [0, 0.1) is 0 Å². The van der Waals surface area contributed by atoms with Gasteiger partial charge < -0.3 is 9.64 Å². The predicted octanol–water partition coefficient (Wildman–Crippen LogP) is 1.39. The summed E-state index contributed by atoms with van der Waals surface area (Å²) in [6, 6.07) is 1.42. The first-order valence-electron chi connectivity index (χ1n) is 4.01. The Bertz CT molecular complexity index is 353. The fourth-order valence-electron chi connectivity index (χ4n) is 0.879. The third kappa shape index (κ3) is 3.53. The minimum absolute atomic E-state index is 0.0349. The minimum Gasteiger partial charge on any atom is -0.468 e. The smallest absolute Gasteiger partial charge is 0.325 e. The van der Waals surface area contributed by atoms with Crippen molar-refractivity contribution in [2.24, 2.45) is 0 Å². The second-order valence-electron chi connectivity index (χ2n) is 2.75. The van der Waals surface area contributed by atoms with Crippen LogP contribution in [0.1, 0.15) is 0 Å². The van der Waals surface area contributed by atoms with Crippen molar-refractivity contribution in [1.82, 2.24) is 9.97 Å². The molecule has 0 fully saturated rings. The number of anilines is 1. The van der Waals surface area contributed by atoms with Gasteiger partial charge in [0.2, 0.25) is 5.95 Å². The zero-order valence-electron chi connectivity index (χ0n) is 8.20. The molecule has 1 rings (SSSR count). The molecule has 15 heavy (non-hydrogen) atoms. The van der Waals surface area contributed by atoms with E-state index in [0.29, 0.717) is 0 Å². The van der Waals surface area contributed by atoms with Crippen LogP contribution in [0.2, 0.25) is 10.3 Å². The Balaban J connectivity index is 2.81. The van der Waals surface area contributed by atoms with Gasteiger partial charge in [-0.2, -0.15) is 0 Å². The van der Waals surface area contributed by atoms with E-state index in [-0.39, 0.29) is 22.8 Å². The number of methoxy groups -OCH3 is 1. The Morgan fingerprint density at radius 3 is 2.47 bits per heavy atom. The van der Waals surface area contributed by atoms with Crippen LogP contribution in [0.25, 0.3) is 0 Å². The van der Waals surface area contributed by atoms with Crippen molar-refractivity contribution in [3.8, 4) is 0 Å². The van der Waals surface area contributed by atoms with E-state index in [4.69, 9.17) is 23.2 Å². The molecule has 0 unspecified atom stereocenters. The predicted molar refractivity (Wildman–Crippen MR) is 57.3 cm³/mol. The molecule has 82 valence electrons. The second-order valence-corrected chi connectivity index (χ2v) is 3.52. The summed E-state index contributed by atoms with van der Waals surface area (Å²) < 4.78 is 4.50. The summed E-state index contributed by atoms with van der Waals surface area (Å²) in [5.41, 5.74) is 0. The van der Waals surface area contributed by atoms with Crippen LogP contribution in [-0.4, -0.2) is 36.6 Å². The lowest BCUT2D eigenvalue weighted by Crippen LogP contribution is -2.28. The Morgan fingerprint density at radius 2 is 2.00 bits per heavy atom. The maximum atomic E-state index is 11.0. The quantitative estimate of drug-likeness (QED) is 0.599. The zero-order chi connectivity index (χ0) is 11.4. The molecule has 0 aromatic carbocycles. The fourth-order valence-corrected chi connectivity index (χ4v) is 1.29. The number of carbonyl (C=O) groups is 1. The van der Waals surface area contributed by atoms with Gasteiger partial charge in [-0.15, -0.1) is 0 Å². The summed E-state index contributed by atoms with van der Waals surface area (Å²) in [6.45, 7) is 0.0349. The van der Waals surface area contributed by atoms with Crippen molar-refractivity contribution in [2.45, 2.75) is 0 Å². The minimum atomic E-state index is -0.391. The molecule has 0 aliphatic carbocycles. The molecular weight excluding hydrogens is 241 g/mol. The lowest BCUT2D eigenvalue weighted by molar-refractivity contribution is -0.138. The van der Waals surface area contributed by atoms with Gasteiger partial charge in [-0.05, 0) is 0 Å². The highest BCUT2D eigenvalue weighted by molar-refractivity contribution is 6.33. The normalized spacial score (nSPS) is 9.87. The molecule has 0 aliphatic heterocycles. The SMILES string of the molecule is COC(=O)CN(C)c1nc(Cl)cc(Cl)n1. The van der Waals surface area contributed by atoms with Crippen molar-refractivity contribution >= 4 is 35.1 Å². The van der Waals surface area contributed by atoms with Crippen LogP contribution in [0.4, 0.5) is 5.95 Å². The van der Waals surface area contributed by atoms with E-state index < -0.39 is 5.97 Å². The molecule has 5 nitrogen and oxygen atoms in total. The molecule has 0 amide bonds. The summed E-state index contributed by atoms with van der Waals surface area (Å²) in [7, 11) is 2.95. The maximum Gasteiger partial charge on any atom is 0.325 e. The summed E-state index contributed by atoms with van der Waals surface area (Å²) in [6.07, 6.45) is 0. The number of hydrogen-bond acceptors (Lipinski definition) is 5. The van der Waals surface area contributed by atoms with E-state index in [1.165, 1.54) is 18.1 Å². The molecule has 1 aromatic rings. The van der Waals surface area contributed by atoms with Crippen LogP contribution in [0.15, 0.2) is 6.07 Å². The van der Waals surface area contributed by atoms with Gasteiger partial charge in [-0.25, -0.2) is 9.97 Å². The van der Waals surface area contributed by atoms with E-state index in [1.54, 1.807) is 7.05 Å². The molecule has 0 spiro atoms. The van der Waals surface area contributed by atoms with Gasteiger partial charge in [0.15, 0.2) is 0 Å². The number of likely N-dealkylation sites (N-methyl/N-ethyl adjacent to an activating group) is 1. The molecule has 0 atom stereocenters. The highest BCUT2D eigenvalue weighted by Crippen LogP contribution is 2.16. The topological polar surface area (TPSA) is 55.3 Å². The van der Waals surface area contributed by atoms with Crippen LogP contribution in [0.5, 0.6) is 0 Å². The molecular formula is C8H9Cl2N3O2. The van der Waals surface area contributed by atoms with Gasteiger partial charge in [0, 0.05) is 13.1 Å². The molecule has 0 aliphatic rings. The Labute approximate surface area is 97.0 Å². The van der Waals surface area contributed by atoms with Gasteiger partial charge in [0.25, 0.3) is 0 Å². The maximum absolute atomic E-state index is 11.0. The molecule has 0 bridgehead atoms. The van der Waals surface area contributed by atoms with Gasteiger partial charge in [-0.3, -0.25) is 4.79 Å². The number of nitrogens with zero attached hydrogens (tertiary/aromatic N) is 3. The van der Waals surface area contributed by atoms with Gasteiger partial charge in [0.1, 0.15) is 16.9 Å². The highest BCUT2D eigenvalue weighted by Gasteiger charge is 2.11. The molecule has 0 radical (unpaired) electrons. The third-order valence-corrected chi connectivity index (χ3v) is 1.97. The zero-order valence-corrected chi connectivity index (χ0v) is 9.71. The third-order valence-electron chi connectivity index (χ3n) is 1.59. The first kappa shape index (κ1) is 12.0. The van der Waals surface area contributed by atoms with E-state index in [2.05, 4.69) is 14.7 Å². The van der Waals surface area contributed by atoms with E-state index >= 15 is 0 Å². The molecule has 0 saturated heterocycles. The number of halogens is 2. The van der Waals surface area contributed by atoms with Crippen molar-refractivity contribution in [2.75, 3.05) is 25.6 Å². The van der Waals surface area contributed by atoms with Crippen molar-refractivity contribution < 1.29 is 9.53 Å². The molecule has 7 heteroatoms. The monoisotopic (exact) mass is 249 g/mol. The first-order valence-corrected chi connectivity index (χ1v) is 4.76. The Hall–Kier alpha value is -1.07. The highest BCUT2D eigenvalue weighted by atomic mass is 35.5. The number of aromatic nitrogens is 2. The van der Waals surface area contributed by atoms with Crippen molar-refractivity contribution in [3.63, 3.8) is 0 Å². The van der Waals surface area contributed by atoms with Crippen LogP contribution in [0.3, 0.4) is 0 Å². The van der Waals surface area contributed by atoms with E-state index in [9.17, 15) is 4.79 Å². The number of ether oxygens (including phenoxy) is 1. The average molecular weight is 250 g/mol. The van der Waals surface area contributed by atoms with Crippen molar-refractivity contribution in [3.05, 3.63) is 16.4 Å². The van der Waals surface area contributed by atoms with E-state index in [0.717, 1.165) is 0 Å². The van der Waals surface area contributed by atoms with Gasteiger partial charge in [-0.1, -0.05) is 23.2 Å². The lowest BCUT2D eigenvalue weighted by Gasteiger charge is -2.15. The van der Waals surface area contributed by atoms with Gasteiger partial charge in [0.05, 0.1) is 7.11 Å².